The normalized spacial score (nSPS) is 13.0. The predicted molar refractivity (Wildman–Crippen MR) is 84.3 cm³/mol. The quantitative estimate of drug-likeness (QED) is 0.522. The van der Waals surface area contributed by atoms with Crippen LogP contribution in [0.1, 0.15) is 44.3 Å². The number of fused-ring (bicyclic) bond motifs is 1. The molecule has 1 atom stereocenters. The molecule has 2 aromatic rings. The fourth-order valence-electron chi connectivity index (χ4n) is 2.34. The first-order valence-electron chi connectivity index (χ1n) is 7.51. The lowest BCUT2D eigenvalue weighted by atomic mass is 10.3. The van der Waals surface area contributed by atoms with E-state index in [1.807, 2.05) is 17.6 Å². The van der Waals surface area contributed by atoms with Gasteiger partial charge in [0.2, 0.25) is 0 Å². The number of halogens is 2. The van der Waals surface area contributed by atoms with E-state index in [4.69, 9.17) is 16.3 Å². The average molecular weight is 313 g/mol. The zero-order valence-corrected chi connectivity index (χ0v) is 13.4. The van der Waals surface area contributed by atoms with Crippen LogP contribution in [0.4, 0.5) is 4.39 Å². The monoisotopic (exact) mass is 312 g/mol. The Kier molecular flexibility index (Phi) is 6.00. The summed E-state index contributed by atoms with van der Waals surface area (Å²) in [5, 5.41) is -0.252. The van der Waals surface area contributed by atoms with Gasteiger partial charge in [-0.05, 0) is 31.9 Å². The number of benzene rings is 1. The Morgan fingerprint density at radius 3 is 2.81 bits per heavy atom. The maximum absolute atomic E-state index is 13.8. The molecule has 0 aliphatic rings. The molecule has 1 aromatic heterocycles. The van der Waals surface area contributed by atoms with E-state index in [9.17, 15) is 4.39 Å². The van der Waals surface area contributed by atoms with Gasteiger partial charge in [0.1, 0.15) is 11.3 Å². The van der Waals surface area contributed by atoms with Gasteiger partial charge in [0.05, 0.1) is 10.9 Å². The number of nitrogens with zero attached hydrogens (tertiary/aromatic N) is 2. The minimum atomic E-state index is -0.302. The standard InChI is InChI=1S/C16H22ClFN2O/c1-3-4-10-21-11-6-9-20-14-8-5-7-13(18)15(14)19-16(20)12(2)17/h5,7-8,12H,3-4,6,9-11H2,1-2H3. The molecule has 1 heterocycles. The van der Waals surface area contributed by atoms with Crippen molar-refractivity contribution >= 4 is 22.6 Å². The van der Waals surface area contributed by atoms with Gasteiger partial charge in [0.25, 0.3) is 0 Å². The molecule has 0 aliphatic heterocycles. The van der Waals surface area contributed by atoms with Crippen molar-refractivity contribution < 1.29 is 9.13 Å². The van der Waals surface area contributed by atoms with E-state index in [0.717, 1.165) is 37.9 Å². The van der Waals surface area contributed by atoms with Gasteiger partial charge in [0, 0.05) is 19.8 Å². The highest BCUT2D eigenvalue weighted by Gasteiger charge is 2.16. The number of unbranched alkanes of at least 4 members (excludes halogenated alkanes) is 1. The Morgan fingerprint density at radius 1 is 1.33 bits per heavy atom. The second kappa shape index (κ2) is 7.76. The van der Waals surface area contributed by atoms with E-state index in [0.29, 0.717) is 17.9 Å². The van der Waals surface area contributed by atoms with Crippen molar-refractivity contribution in [1.82, 2.24) is 9.55 Å². The molecule has 116 valence electrons. The van der Waals surface area contributed by atoms with E-state index in [2.05, 4.69) is 11.9 Å². The lowest BCUT2D eigenvalue weighted by Crippen LogP contribution is -2.07. The third-order valence-corrected chi connectivity index (χ3v) is 3.62. The number of alkyl halides is 1. The van der Waals surface area contributed by atoms with Crippen LogP contribution in [0.2, 0.25) is 0 Å². The molecule has 0 N–H and O–H groups in total. The minimum Gasteiger partial charge on any atom is -0.381 e. The number of imidazole rings is 1. The Morgan fingerprint density at radius 2 is 2.10 bits per heavy atom. The van der Waals surface area contributed by atoms with Crippen LogP contribution >= 0.6 is 11.6 Å². The zero-order chi connectivity index (χ0) is 15.2. The predicted octanol–water partition coefficient (Wildman–Crippen LogP) is 4.68. The van der Waals surface area contributed by atoms with Crippen molar-refractivity contribution in [3.8, 4) is 0 Å². The number of aromatic nitrogens is 2. The molecule has 0 fully saturated rings. The third kappa shape index (κ3) is 3.95. The second-order valence-corrected chi connectivity index (χ2v) is 5.82. The number of aryl methyl sites for hydroxylation is 1. The lowest BCUT2D eigenvalue weighted by Gasteiger charge is -2.10. The molecule has 21 heavy (non-hydrogen) atoms. The van der Waals surface area contributed by atoms with Crippen LogP contribution in [0, 0.1) is 5.82 Å². The summed E-state index contributed by atoms with van der Waals surface area (Å²) in [7, 11) is 0. The molecule has 0 aliphatic carbocycles. The Balaban J connectivity index is 2.10. The highest BCUT2D eigenvalue weighted by molar-refractivity contribution is 6.20. The highest BCUT2D eigenvalue weighted by atomic mass is 35.5. The first kappa shape index (κ1) is 16.2. The van der Waals surface area contributed by atoms with E-state index in [-0.39, 0.29) is 11.2 Å². The van der Waals surface area contributed by atoms with Gasteiger partial charge in [0.15, 0.2) is 5.82 Å². The minimum absolute atomic E-state index is 0.252. The van der Waals surface area contributed by atoms with Crippen molar-refractivity contribution in [1.29, 1.82) is 0 Å². The molecule has 5 heteroatoms. The molecule has 0 amide bonds. The molecule has 0 spiro atoms. The first-order chi connectivity index (χ1) is 10.1. The van der Waals surface area contributed by atoms with Crippen molar-refractivity contribution in [3.63, 3.8) is 0 Å². The maximum Gasteiger partial charge on any atom is 0.151 e. The molecular formula is C16H22ClFN2O. The topological polar surface area (TPSA) is 27.1 Å². The van der Waals surface area contributed by atoms with Crippen molar-refractivity contribution in [3.05, 3.63) is 29.8 Å². The molecule has 1 unspecified atom stereocenters. The molecule has 3 nitrogen and oxygen atoms in total. The number of para-hydroxylation sites is 1. The summed E-state index contributed by atoms with van der Waals surface area (Å²) < 4.78 is 21.4. The smallest absolute Gasteiger partial charge is 0.151 e. The SMILES string of the molecule is CCCCOCCCn1c(C(C)Cl)nc2c(F)cccc21. The van der Waals surface area contributed by atoms with Gasteiger partial charge in [-0.3, -0.25) is 0 Å². The van der Waals surface area contributed by atoms with E-state index >= 15 is 0 Å². The Hall–Kier alpha value is -1.13. The van der Waals surface area contributed by atoms with Crippen molar-refractivity contribution in [2.45, 2.75) is 45.0 Å². The maximum atomic E-state index is 13.8. The molecule has 0 bridgehead atoms. The average Bonchev–Trinajstić information content (AvgIpc) is 2.83. The van der Waals surface area contributed by atoms with E-state index in [1.165, 1.54) is 6.07 Å². The Labute approximate surface area is 130 Å². The molecule has 0 saturated heterocycles. The lowest BCUT2D eigenvalue weighted by molar-refractivity contribution is 0.126. The number of ether oxygens (including phenoxy) is 1. The first-order valence-corrected chi connectivity index (χ1v) is 7.95. The van der Waals surface area contributed by atoms with Gasteiger partial charge in [-0.1, -0.05) is 19.4 Å². The van der Waals surface area contributed by atoms with Crippen molar-refractivity contribution in [2.75, 3.05) is 13.2 Å². The largest absolute Gasteiger partial charge is 0.381 e. The fraction of sp³-hybridized carbons (Fsp3) is 0.562. The van der Waals surface area contributed by atoms with Gasteiger partial charge >= 0.3 is 0 Å². The zero-order valence-electron chi connectivity index (χ0n) is 12.6. The van der Waals surface area contributed by atoms with Crippen molar-refractivity contribution in [2.24, 2.45) is 0 Å². The molecule has 1 aromatic carbocycles. The summed E-state index contributed by atoms with van der Waals surface area (Å²) in [5.41, 5.74) is 1.19. The van der Waals surface area contributed by atoms with Crippen LogP contribution in [0.3, 0.4) is 0 Å². The third-order valence-electron chi connectivity index (χ3n) is 3.43. The molecular weight excluding hydrogens is 291 g/mol. The molecule has 2 rings (SSSR count). The number of hydrogen-bond acceptors (Lipinski definition) is 2. The summed E-state index contributed by atoms with van der Waals surface area (Å²) in [6.45, 7) is 6.23. The van der Waals surface area contributed by atoms with E-state index < -0.39 is 0 Å². The fourth-order valence-corrected chi connectivity index (χ4v) is 2.51. The van der Waals surface area contributed by atoms with Crippen LogP contribution in [0.25, 0.3) is 11.0 Å². The van der Waals surface area contributed by atoms with Crippen LogP contribution in [-0.2, 0) is 11.3 Å². The second-order valence-electron chi connectivity index (χ2n) is 5.16. The van der Waals surface area contributed by atoms with Crippen LogP contribution in [-0.4, -0.2) is 22.8 Å². The molecule has 0 radical (unpaired) electrons. The number of rotatable bonds is 8. The highest BCUT2D eigenvalue weighted by Crippen LogP contribution is 2.26. The van der Waals surface area contributed by atoms with Crippen LogP contribution in [0.15, 0.2) is 18.2 Å². The Bertz CT molecular complexity index is 583. The summed E-state index contributed by atoms with van der Waals surface area (Å²) in [6, 6.07) is 5.01. The summed E-state index contributed by atoms with van der Waals surface area (Å²) >= 11 is 6.18. The van der Waals surface area contributed by atoms with Gasteiger partial charge in [-0.25, -0.2) is 9.37 Å². The number of hydrogen-bond donors (Lipinski definition) is 0. The summed E-state index contributed by atoms with van der Waals surface area (Å²) in [6.07, 6.45) is 3.09. The van der Waals surface area contributed by atoms with E-state index in [1.54, 1.807) is 6.07 Å². The van der Waals surface area contributed by atoms with Crippen LogP contribution in [0.5, 0.6) is 0 Å². The summed E-state index contributed by atoms with van der Waals surface area (Å²) in [5.74, 6) is 0.411. The molecule has 0 saturated carbocycles. The van der Waals surface area contributed by atoms with Gasteiger partial charge in [-0.15, -0.1) is 11.6 Å². The van der Waals surface area contributed by atoms with Gasteiger partial charge < -0.3 is 9.30 Å². The van der Waals surface area contributed by atoms with Gasteiger partial charge in [-0.2, -0.15) is 0 Å². The van der Waals surface area contributed by atoms with Crippen LogP contribution < -0.4 is 0 Å². The summed E-state index contributed by atoms with van der Waals surface area (Å²) in [4.78, 5) is 4.36.